The lowest BCUT2D eigenvalue weighted by Crippen LogP contribution is -1.97. The van der Waals surface area contributed by atoms with Gasteiger partial charge in [-0.1, -0.05) is 71.8 Å². The maximum absolute atomic E-state index is 2.45. The molecule has 3 heteroatoms. The van der Waals surface area contributed by atoms with Crippen LogP contribution in [0.1, 0.15) is 11.1 Å². The summed E-state index contributed by atoms with van der Waals surface area (Å²) in [7, 11) is 0. The summed E-state index contributed by atoms with van der Waals surface area (Å²) in [6.45, 7) is 4.29. The molecule has 158 valence electrons. The molecule has 0 radical (unpaired) electrons. The van der Waals surface area contributed by atoms with E-state index in [9.17, 15) is 0 Å². The molecule has 4 aromatic carbocycles. The molecule has 7 aromatic rings. The Morgan fingerprint density at radius 1 is 0.485 bits per heavy atom. The Bertz CT molecular complexity index is 1680. The summed E-state index contributed by atoms with van der Waals surface area (Å²) in [6.07, 6.45) is 0. The molecule has 0 aliphatic heterocycles. The van der Waals surface area contributed by atoms with Crippen LogP contribution in [0.25, 0.3) is 53.6 Å². The molecule has 0 saturated heterocycles. The molecule has 0 aliphatic rings. The number of thiophene rings is 1. The highest BCUT2D eigenvalue weighted by Crippen LogP contribution is 2.47. The summed E-state index contributed by atoms with van der Waals surface area (Å²) in [5, 5.41) is 2.63. The first-order valence-corrected chi connectivity index (χ1v) is 12.1. The van der Waals surface area contributed by atoms with Crippen molar-refractivity contribution in [2.45, 2.75) is 13.8 Å². The van der Waals surface area contributed by atoms with Gasteiger partial charge in [-0.25, -0.2) is 0 Å². The molecule has 0 fully saturated rings. The van der Waals surface area contributed by atoms with Crippen molar-refractivity contribution < 1.29 is 0 Å². The minimum atomic E-state index is 1.20. The second-order valence-electron chi connectivity index (χ2n) is 8.83. The molecule has 0 atom stereocenters. The number of benzene rings is 4. The van der Waals surface area contributed by atoms with Gasteiger partial charge in [-0.3, -0.25) is 0 Å². The normalized spacial score (nSPS) is 11.9. The predicted molar refractivity (Wildman–Crippen MR) is 142 cm³/mol. The second kappa shape index (κ2) is 6.84. The van der Waals surface area contributed by atoms with Crippen LogP contribution in [0.3, 0.4) is 0 Å². The summed E-state index contributed by atoms with van der Waals surface area (Å²) < 4.78 is 7.60. The molecule has 2 nitrogen and oxygen atoms in total. The van der Waals surface area contributed by atoms with E-state index in [1.807, 2.05) is 11.3 Å². The molecular weight excluding hydrogens is 420 g/mol. The van der Waals surface area contributed by atoms with E-state index < -0.39 is 0 Å². The number of nitrogens with zero attached hydrogens (tertiary/aromatic N) is 2. The van der Waals surface area contributed by atoms with Crippen molar-refractivity contribution in [3.05, 3.63) is 108 Å². The number of hydrogen-bond donors (Lipinski definition) is 0. The van der Waals surface area contributed by atoms with E-state index in [1.54, 1.807) is 0 Å². The zero-order valence-electron chi connectivity index (χ0n) is 18.5. The van der Waals surface area contributed by atoms with Gasteiger partial charge in [-0.05, 0) is 50.2 Å². The van der Waals surface area contributed by atoms with Crippen LogP contribution in [0.15, 0.2) is 97.1 Å². The summed E-state index contributed by atoms with van der Waals surface area (Å²) in [5.74, 6) is 0. The van der Waals surface area contributed by atoms with Crippen LogP contribution in [0.5, 0.6) is 0 Å². The molecule has 33 heavy (non-hydrogen) atoms. The summed E-state index contributed by atoms with van der Waals surface area (Å²) in [4.78, 5) is 0. The van der Waals surface area contributed by atoms with Crippen LogP contribution in [0.2, 0.25) is 0 Å². The molecule has 0 bridgehead atoms. The lowest BCUT2D eigenvalue weighted by Gasteiger charge is -2.11. The molecule has 7 rings (SSSR count). The van der Waals surface area contributed by atoms with Crippen LogP contribution in [-0.4, -0.2) is 9.13 Å². The minimum Gasteiger partial charge on any atom is -0.306 e. The van der Waals surface area contributed by atoms with E-state index in [1.165, 1.54) is 64.7 Å². The van der Waals surface area contributed by atoms with E-state index in [0.717, 1.165) is 0 Å². The van der Waals surface area contributed by atoms with Crippen molar-refractivity contribution in [2.24, 2.45) is 0 Å². The van der Waals surface area contributed by atoms with Gasteiger partial charge in [-0.15, -0.1) is 11.3 Å². The molecule has 0 aliphatic carbocycles. The molecule has 3 heterocycles. The first-order chi connectivity index (χ1) is 16.2. The summed E-state index contributed by atoms with van der Waals surface area (Å²) in [5.41, 5.74) is 10.0. The van der Waals surface area contributed by atoms with E-state index in [2.05, 4.69) is 120 Å². The zero-order valence-corrected chi connectivity index (χ0v) is 19.4. The summed E-state index contributed by atoms with van der Waals surface area (Å²) >= 11 is 1.92. The summed E-state index contributed by atoms with van der Waals surface area (Å²) in [6, 6.07) is 35.4. The van der Waals surface area contributed by atoms with Gasteiger partial charge in [0.15, 0.2) is 0 Å². The van der Waals surface area contributed by atoms with Crippen molar-refractivity contribution in [3.63, 3.8) is 0 Å². The lowest BCUT2D eigenvalue weighted by molar-refractivity contribution is 1.15. The van der Waals surface area contributed by atoms with Crippen LogP contribution >= 0.6 is 11.3 Å². The number of hydrogen-bond acceptors (Lipinski definition) is 1. The predicted octanol–water partition coefficient (Wildman–Crippen LogP) is 8.56. The average molecular weight is 443 g/mol. The topological polar surface area (TPSA) is 9.86 Å². The lowest BCUT2D eigenvalue weighted by atomic mass is 10.2. The average Bonchev–Trinajstić information content (AvgIpc) is 3.47. The third-order valence-corrected chi connectivity index (χ3v) is 7.90. The highest BCUT2D eigenvalue weighted by atomic mass is 32.1. The van der Waals surface area contributed by atoms with Crippen molar-refractivity contribution in [3.8, 4) is 11.4 Å². The maximum atomic E-state index is 2.45. The van der Waals surface area contributed by atoms with Gasteiger partial charge in [0, 0.05) is 22.1 Å². The highest BCUT2D eigenvalue weighted by Gasteiger charge is 2.23. The third-order valence-electron chi connectivity index (χ3n) is 6.67. The second-order valence-corrected chi connectivity index (χ2v) is 9.85. The number of aryl methyl sites for hydroxylation is 2. The van der Waals surface area contributed by atoms with Gasteiger partial charge < -0.3 is 9.13 Å². The van der Waals surface area contributed by atoms with E-state index in [-0.39, 0.29) is 0 Å². The molecule has 3 aromatic heterocycles. The first kappa shape index (κ1) is 18.7. The van der Waals surface area contributed by atoms with Crippen LogP contribution in [0, 0.1) is 13.8 Å². The Labute approximate surface area is 195 Å². The Kier molecular flexibility index (Phi) is 3.88. The van der Waals surface area contributed by atoms with Crippen LogP contribution in [-0.2, 0) is 0 Å². The molecule has 0 spiro atoms. The van der Waals surface area contributed by atoms with Gasteiger partial charge >= 0.3 is 0 Å². The van der Waals surface area contributed by atoms with Gasteiger partial charge in [0.05, 0.1) is 31.5 Å². The van der Waals surface area contributed by atoms with Crippen LogP contribution < -0.4 is 0 Å². The Morgan fingerprint density at radius 3 is 1.30 bits per heavy atom. The molecule has 0 unspecified atom stereocenters. The molecule has 0 amide bonds. The highest BCUT2D eigenvalue weighted by molar-refractivity contribution is 7.27. The van der Waals surface area contributed by atoms with E-state index >= 15 is 0 Å². The molecule has 0 N–H and O–H groups in total. The van der Waals surface area contributed by atoms with Crippen molar-refractivity contribution in [2.75, 3.05) is 0 Å². The Balaban J connectivity index is 1.74. The fourth-order valence-corrected chi connectivity index (χ4v) is 6.42. The molecular formula is C30H22N2S. The number of rotatable bonds is 2. The fraction of sp³-hybridized carbons (Fsp3) is 0.0667. The molecule has 0 saturated carbocycles. The zero-order chi connectivity index (χ0) is 22.1. The quantitative estimate of drug-likeness (QED) is 0.254. The van der Waals surface area contributed by atoms with Gasteiger partial charge in [0.25, 0.3) is 0 Å². The Hall–Kier alpha value is -3.82. The van der Waals surface area contributed by atoms with Gasteiger partial charge in [0.1, 0.15) is 0 Å². The number of para-hydroxylation sites is 2. The first-order valence-electron chi connectivity index (χ1n) is 11.3. The minimum absolute atomic E-state index is 1.20. The van der Waals surface area contributed by atoms with E-state index in [0.29, 0.717) is 0 Å². The fourth-order valence-electron chi connectivity index (χ4n) is 5.08. The monoisotopic (exact) mass is 442 g/mol. The smallest absolute Gasteiger partial charge is 0.0899 e. The van der Waals surface area contributed by atoms with Gasteiger partial charge in [0.2, 0.25) is 0 Å². The third kappa shape index (κ3) is 2.60. The van der Waals surface area contributed by atoms with Gasteiger partial charge in [-0.2, -0.15) is 0 Å². The Morgan fingerprint density at radius 2 is 0.879 bits per heavy atom. The number of fused-ring (bicyclic) bond motifs is 7. The van der Waals surface area contributed by atoms with Crippen LogP contribution in [0.4, 0.5) is 0 Å². The number of aromatic nitrogens is 2. The van der Waals surface area contributed by atoms with E-state index in [4.69, 9.17) is 0 Å². The maximum Gasteiger partial charge on any atom is 0.0899 e. The van der Waals surface area contributed by atoms with Crippen molar-refractivity contribution in [1.29, 1.82) is 0 Å². The largest absolute Gasteiger partial charge is 0.306 e. The van der Waals surface area contributed by atoms with Crippen molar-refractivity contribution >= 4 is 53.6 Å². The SMILES string of the molecule is Cc1ccc(-n2c3ccccc3c3sc4c5ccccc5n(-c5ccc(C)cc5)c4c32)cc1. The standard InChI is InChI=1S/C30H22N2S/c1-19-11-15-21(16-12-19)31-25-9-5-3-7-23(25)29-27(31)28-30(33-29)24-8-4-6-10-26(24)32(28)22-17-13-20(2)14-18-22/h3-18H,1-2H3. The van der Waals surface area contributed by atoms with Crippen molar-refractivity contribution in [1.82, 2.24) is 9.13 Å².